The molecule has 2 aromatic rings. The van der Waals surface area contributed by atoms with Crippen LogP contribution in [-0.4, -0.2) is 30.7 Å². The summed E-state index contributed by atoms with van der Waals surface area (Å²) in [5.41, 5.74) is -0.121. The second-order valence-electron chi connectivity index (χ2n) is 6.02. The SMILES string of the molecule is COc1cc(C(=O)Nc2cc(C(=O)O)ccc2F)ccc1OCC(C)C. The van der Waals surface area contributed by atoms with E-state index in [2.05, 4.69) is 5.32 Å². The van der Waals surface area contributed by atoms with Crippen molar-refractivity contribution in [2.45, 2.75) is 13.8 Å². The minimum atomic E-state index is -1.21. The number of carboxylic acids is 1. The third-order valence-corrected chi connectivity index (χ3v) is 3.46. The van der Waals surface area contributed by atoms with Gasteiger partial charge in [-0.25, -0.2) is 9.18 Å². The molecule has 2 aromatic carbocycles. The molecule has 26 heavy (non-hydrogen) atoms. The van der Waals surface area contributed by atoms with Crippen LogP contribution in [-0.2, 0) is 0 Å². The maximum Gasteiger partial charge on any atom is 0.335 e. The van der Waals surface area contributed by atoms with E-state index in [9.17, 15) is 14.0 Å². The summed E-state index contributed by atoms with van der Waals surface area (Å²) in [6.07, 6.45) is 0. The van der Waals surface area contributed by atoms with Gasteiger partial charge in [-0.1, -0.05) is 13.8 Å². The molecule has 0 aliphatic heterocycles. The molecule has 0 atom stereocenters. The zero-order valence-corrected chi connectivity index (χ0v) is 14.7. The van der Waals surface area contributed by atoms with Gasteiger partial charge in [0.05, 0.1) is 25.0 Å². The molecule has 1 amide bonds. The van der Waals surface area contributed by atoms with E-state index in [0.29, 0.717) is 24.0 Å². The number of methoxy groups -OCH3 is 1. The van der Waals surface area contributed by atoms with Gasteiger partial charge < -0.3 is 19.9 Å². The summed E-state index contributed by atoms with van der Waals surface area (Å²) in [5.74, 6) is -1.34. The zero-order chi connectivity index (χ0) is 19.3. The van der Waals surface area contributed by atoms with Crippen molar-refractivity contribution < 1.29 is 28.6 Å². The van der Waals surface area contributed by atoms with Crippen LogP contribution >= 0.6 is 0 Å². The Labute approximate surface area is 150 Å². The molecule has 0 fully saturated rings. The molecular formula is C19H20FNO5. The number of benzene rings is 2. The maximum absolute atomic E-state index is 13.8. The van der Waals surface area contributed by atoms with E-state index in [1.807, 2.05) is 13.8 Å². The summed E-state index contributed by atoms with van der Waals surface area (Å²) in [4.78, 5) is 23.4. The van der Waals surface area contributed by atoms with Gasteiger partial charge in [0.25, 0.3) is 5.91 Å². The number of hydrogen-bond acceptors (Lipinski definition) is 4. The van der Waals surface area contributed by atoms with Crippen molar-refractivity contribution in [3.05, 3.63) is 53.3 Å². The maximum atomic E-state index is 13.8. The number of amides is 1. The van der Waals surface area contributed by atoms with Crippen molar-refractivity contribution in [2.24, 2.45) is 5.92 Å². The first-order valence-corrected chi connectivity index (χ1v) is 7.97. The number of halogens is 1. The molecule has 0 radical (unpaired) electrons. The van der Waals surface area contributed by atoms with Crippen molar-refractivity contribution in [1.82, 2.24) is 0 Å². The van der Waals surface area contributed by atoms with Crippen LogP contribution in [0, 0.1) is 11.7 Å². The summed E-state index contributed by atoms with van der Waals surface area (Å²) in [7, 11) is 1.45. The molecule has 2 N–H and O–H groups in total. The lowest BCUT2D eigenvalue weighted by Crippen LogP contribution is -2.14. The predicted octanol–water partition coefficient (Wildman–Crippen LogP) is 3.82. The number of ether oxygens (including phenoxy) is 2. The number of carboxylic acid groups (broad SMARTS) is 1. The number of aromatic carboxylic acids is 1. The van der Waals surface area contributed by atoms with Gasteiger partial charge in [-0.15, -0.1) is 0 Å². The normalized spacial score (nSPS) is 10.5. The fraction of sp³-hybridized carbons (Fsp3) is 0.263. The van der Waals surface area contributed by atoms with E-state index in [-0.39, 0.29) is 16.8 Å². The van der Waals surface area contributed by atoms with Crippen molar-refractivity contribution in [1.29, 1.82) is 0 Å². The van der Waals surface area contributed by atoms with E-state index >= 15 is 0 Å². The van der Waals surface area contributed by atoms with Gasteiger partial charge >= 0.3 is 5.97 Å². The number of nitrogens with one attached hydrogen (secondary N) is 1. The molecule has 2 rings (SSSR count). The van der Waals surface area contributed by atoms with Crippen molar-refractivity contribution in [2.75, 3.05) is 19.0 Å². The molecule has 0 saturated carbocycles. The van der Waals surface area contributed by atoms with E-state index in [1.54, 1.807) is 6.07 Å². The highest BCUT2D eigenvalue weighted by molar-refractivity contribution is 6.05. The summed E-state index contributed by atoms with van der Waals surface area (Å²) in [6, 6.07) is 7.77. The topological polar surface area (TPSA) is 84.9 Å². The molecule has 0 aromatic heterocycles. The van der Waals surface area contributed by atoms with Crippen LogP contribution in [0.1, 0.15) is 34.6 Å². The molecule has 6 nitrogen and oxygen atoms in total. The summed E-state index contributed by atoms with van der Waals surface area (Å²) < 4.78 is 24.7. The van der Waals surface area contributed by atoms with Crippen molar-refractivity contribution >= 4 is 17.6 Å². The third kappa shape index (κ3) is 4.72. The smallest absolute Gasteiger partial charge is 0.335 e. The van der Waals surface area contributed by atoms with E-state index < -0.39 is 17.7 Å². The van der Waals surface area contributed by atoms with Crippen molar-refractivity contribution in [3.63, 3.8) is 0 Å². The Kier molecular flexibility index (Phi) is 6.16. The van der Waals surface area contributed by atoms with Gasteiger partial charge in [0.15, 0.2) is 11.5 Å². The second-order valence-corrected chi connectivity index (χ2v) is 6.02. The number of hydrogen-bond donors (Lipinski definition) is 2. The highest BCUT2D eigenvalue weighted by atomic mass is 19.1. The van der Waals surface area contributed by atoms with Crippen LogP contribution in [0.15, 0.2) is 36.4 Å². The van der Waals surface area contributed by atoms with Crippen LogP contribution in [0.25, 0.3) is 0 Å². The monoisotopic (exact) mass is 361 g/mol. The summed E-state index contributed by atoms with van der Waals surface area (Å²) in [6.45, 7) is 4.51. The molecule has 0 aliphatic carbocycles. The van der Waals surface area contributed by atoms with Crippen LogP contribution in [0.4, 0.5) is 10.1 Å². The first kappa shape index (κ1) is 19.2. The molecule has 0 bridgehead atoms. The average molecular weight is 361 g/mol. The number of carbonyl (C=O) groups is 2. The molecular weight excluding hydrogens is 341 g/mol. The Morgan fingerprint density at radius 3 is 2.42 bits per heavy atom. The zero-order valence-electron chi connectivity index (χ0n) is 14.7. The van der Waals surface area contributed by atoms with Crippen molar-refractivity contribution in [3.8, 4) is 11.5 Å². The van der Waals surface area contributed by atoms with Crippen LogP contribution in [0.5, 0.6) is 11.5 Å². The predicted molar refractivity (Wildman–Crippen MR) is 94.6 cm³/mol. The average Bonchev–Trinajstić information content (AvgIpc) is 2.61. The largest absolute Gasteiger partial charge is 0.493 e. The van der Waals surface area contributed by atoms with Gasteiger partial charge in [-0.2, -0.15) is 0 Å². The van der Waals surface area contributed by atoms with Gasteiger partial charge in [0.2, 0.25) is 0 Å². The highest BCUT2D eigenvalue weighted by Gasteiger charge is 2.15. The molecule has 0 saturated heterocycles. The Balaban J connectivity index is 2.22. The molecule has 0 unspecified atom stereocenters. The Morgan fingerprint density at radius 2 is 1.81 bits per heavy atom. The first-order chi connectivity index (χ1) is 12.3. The molecule has 138 valence electrons. The number of anilines is 1. The lowest BCUT2D eigenvalue weighted by atomic mass is 10.1. The fourth-order valence-corrected chi connectivity index (χ4v) is 2.13. The number of rotatable bonds is 7. The van der Waals surface area contributed by atoms with E-state index in [4.69, 9.17) is 14.6 Å². The van der Waals surface area contributed by atoms with E-state index in [0.717, 1.165) is 18.2 Å². The molecule has 7 heteroatoms. The van der Waals surface area contributed by atoms with E-state index in [1.165, 1.54) is 19.2 Å². The Bertz CT molecular complexity index is 820. The van der Waals surface area contributed by atoms with Crippen LogP contribution in [0.3, 0.4) is 0 Å². The molecule has 0 aliphatic rings. The van der Waals surface area contributed by atoms with Crippen LogP contribution < -0.4 is 14.8 Å². The van der Waals surface area contributed by atoms with Gasteiger partial charge in [-0.3, -0.25) is 4.79 Å². The fourth-order valence-electron chi connectivity index (χ4n) is 2.13. The second kappa shape index (κ2) is 8.33. The molecule has 0 spiro atoms. The van der Waals surface area contributed by atoms with Gasteiger partial charge in [0.1, 0.15) is 5.82 Å². The standard InChI is InChI=1S/C19H20FNO5/c1-11(2)10-26-16-7-5-12(9-17(16)25-3)18(22)21-15-8-13(19(23)24)4-6-14(15)20/h4-9,11H,10H2,1-3H3,(H,21,22)(H,23,24). The summed E-state index contributed by atoms with van der Waals surface area (Å²) >= 11 is 0. The first-order valence-electron chi connectivity index (χ1n) is 7.97. The lowest BCUT2D eigenvalue weighted by molar-refractivity contribution is 0.0696. The number of carbonyl (C=O) groups excluding carboxylic acids is 1. The van der Waals surface area contributed by atoms with Gasteiger partial charge in [-0.05, 0) is 42.3 Å². The highest BCUT2D eigenvalue weighted by Crippen LogP contribution is 2.29. The third-order valence-electron chi connectivity index (χ3n) is 3.46. The Hall–Kier alpha value is -3.09. The summed E-state index contributed by atoms with van der Waals surface area (Å²) in [5, 5.41) is 11.3. The molecule has 0 heterocycles. The van der Waals surface area contributed by atoms with Crippen LogP contribution in [0.2, 0.25) is 0 Å². The minimum absolute atomic E-state index is 0.128. The Morgan fingerprint density at radius 1 is 1.12 bits per heavy atom. The van der Waals surface area contributed by atoms with Gasteiger partial charge in [0, 0.05) is 5.56 Å². The lowest BCUT2D eigenvalue weighted by Gasteiger charge is -2.14. The quantitative estimate of drug-likeness (QED) is 0.783. The minimum Gasteiger partial charge on any atom is -0.493 e.